The summed E-state index contributed by atoms with van der Waals surface area (Å²) in [7, 11) is 0. The van der Waals surface area contributed by atoms with E-state index < -0.39 is 5.97 Å². The van der Waals surface area contributed by atoms with E-state index in [-0.39, 0.29) is 5.92 Å². The largest absolute Gasteiger partial charge is 0.481 e. The summed E-state index contributed by atoms with van der Waals surface area (Å²) in [5.74, 6) is -1.07. The van der Waals surface area contributed by atoms with E-state index in [2.05, 4.69) is 43.9 Å². The zero-order valence-corrected chi connectivity index (χ0v) is 13.9. The summed E-state index contributed by atoms with van der Waals surface area (Å²) in [6.07, 6.45) is 4.45. The van der Waals surface area contributed by atoms with E-state index in [1.807, 2.05) is 0 Å². The summed E-state index contributed by atoms with van der Waals surface area (Å²) >= 11 is 0. The Morgan fingerprint density at radius 3 is 2.57 bits per heavy atom. The van der Waals surface area contributed by atoms with Gasteiger partial charge in [-0.25, -0.2) is 0 Å². The number of benzene rings is 1. The van der Waals surface area contributed by atoms with E-state index >= 15 is 0 Å². The second-order valence-electron chi connectivity index (χ2n) is 5.83. The van der Waals surface area contributed by atoms with Crippen molar-refractivity contribution in [1.82, 2.24) is 0 Å². The maximum absolute atomic E-state index is 11.2. The third-order valence-corrected chi connectivity index (χ3v) is 3.97. The SMILES string of the molecule is CCCCCN(CC(C)C(=O)O)c1c(C)cccc1CC. The number of para-hydroxylation sites is 1. The molecule has 1 atom stereocenters. The highest BCUT2D eigenvalue weighted by atomic mass is 16.4. The Hall–Kier alpha value is -1.51. The summed E-state index contributed by atoms with van der Waals surface area (Å²) < 4.78 is 0. The highest BCUT2D eigenvalue weighted by Gasteiger charge is 2.19. The molecule has 0 heterocycles. The van der Waals surface area contributed by atoms with E-state index in [0.29, 0.717) is 6.54 Å². The van der Waals surface area contributed by atoms with Gasteiger partial charge in [-0.2, -0.15) is 0 Å². The Morgan fingerprint density at radius 1 is 1.29 bits per heavy atom. The van der Waals surface area contributed by atoms with Crippen LogP contribution in [0, 0.1) is 12.8 Å². The topological polar surface area (TPSA) is 40.5 Å². The van der Waals surface area contributed by atoms with Crippen molar-refractivity contribution in [3.63, 3.8) is 0 Å². The molecule has 118 valence electrons. The minimum atomic E-state index is -0.720. The highest BCUT2D eigenvalue weighted by molar-refractivity contribution is 5.71. The number of aliphatic carboxylic acids is 1. The summed E-state index contributed by atoms with van der Waals surface area (Å²) in [5.41, 5.74) is 3.79. The molecule has 0 aliphatic carbocycles. The molecular formula is C18H29NO2. The molecule has 0 aromatic heterocycles. The van der Waals surface area contributed by atoms with Crippen molar-refractivity contribution in [1.29, 1.82) is 0 Å². The lowest BCUT2D eigenvalue weighted by Crippen LogP contribution is -2.34. The number of rotatable bonds is 9. The lowest BCUT2D eigenvalue weighted by Gasteiger charge is -2.30. The Bertz CT molecular complexity index is 457. The second-order valence-corrected chi connectivity index (χ2v) is 5.83. The lowest BCUT2D eigenvalue weighted by molar-refractivity contribution is -0.140. The third-order valence-electron chi connectivity index (χ3n) is 3.97. The molecule has 0 radical (unpaired) electrons. The first-order chi connectivity index (χ1) is 10.0. The fraction of sp³-hybridized carbons (Fsp3) is 0.611. The minimum Gasteiger partial charge on any atom is -0.481 e. The zero-order chi connectivity index (χ0) is 15.8. The van der Waals surface area contributed by atoms with Crippen molar-refractivity contribution in [3.05, 3.63) is 29.3 Å². The number of anilines is 1. The molecule has 3 nitrogen and oxygen atoms in total. The van der Waals surface area contributed by atoms with Gasteiger partial charge in [-0.1, -0.05) is 51.8 Å². The standard InChI is InChI=1S/C18H29NO2/c1-5-7-8-12-19(13-15(4)18(20)21)17-14(3)10-9-11-16(17)6-2/h9-11,15H,5-8,12-13H2,1-4H3,(H,20,21). The van der Waals surface area contributed by atoms with E-state index in [9.17, 15) is 9.90 Å². The molecular weight excluding hydrogens is 262 g/mol. The minimum absolute atomic E-state index is 0.351. The molecule has 21 heavy (non-hydrogen) atoms. The van der Waals surface area contributed by atoms with Crippen molar-refractivity contribution < 1.29 is 9.90 Å². The first-order valence-corrected chi connectivity index (χ1v) is 8.07. The molecule has 0 bridgehead atoms. The smallest absolute Gasteiger partial charge is 0.308 e. The molecule has 3 heteroatoms. The van der Waals surface area contributed by atoms with Crippen LogP contribution in [0.5, 0.6) is 0 Å². The van der Waals surface area contributed by atoms with Gasteiger partial charge in [0.1, 0.15) is 0 Å². The van der Waals surface area contributed by atoms with Gasteiger partial charge in [0, 0.05) is 18.8 Å². The van der Waals surface area contributed by atoms with Gasteiger partial charge < -0.3 is 10.0 Å². The van der Waals surface area contributed by atoms with Crippen LogP contribution in [0.1, 0.15) is 51.2 Å². The molecule has 0 saturated carbocycles. The van der Waals surface area contributed by atoms with Crippen LogP contribution >= 0.6 is 0 Å². The average Bonchev–Trinajstić information content (AvgIpc) is 2.46. The van der Waals surface area contributed by atoms with Crippen LogP contribution < -0.4 is 4.90 Å². The molecule has 0 aliphatic rings. The van der Waals surface area contributed by atoms with Gasteiger partial charge in [0.05, 0.1) is 5.92 Å². The fourth-order valence-electron chi connectivity index (χ4n) is 2.71. The molecule has 1 unspecified atom stereocenters. The lowest BCUT2D eigenvalue weighted by atomic mass is 10.0. The van der Waals surface area contributed by atoms with Gasteiger partial charge >= 0.3 is 5.97 Å². The van der Waals surface area contributed by atoms with Gasteiger partial charge in [-0.05, 0) is 30.9 Å². The Kier molecular flexibility index (Phi) is 7.27. The van der Waals surface area contributed by atoms with Crippen molar-refractivity contribution >= 4 is 11.7 Å². The van der Waals surface area contributed by atoms with Crippen LogP contribution in [0.25, 0.3) is 0 Å². The van der Waals surface area contributed by atoms with Gasteiger partial charge in [0.2, 0.25) is 0 Å². The number of nitrogens with zero attached hydrogens (tertiary/aromatic N) is 1. The van der Waals surface area contributed by atoms with Gasteiger partial charge in [0.15, 0.2) is 0 Å². The molecule has 0 spiro atoms. The molecule has 0 fully saturated rings. The maximum Gasteiger partial charge on any atom is 0.308 e. The number of carboxylic acid groups (broad SMARTS) is 1. The summed E-state index contributed by atoms with van der Waals surface area (Å²) in [6.45, 7) is 9.77. The third kappa shape index (κ3) is 5.07. The van der Waals surface area contributed by atoms with E-state index in [1.165, 1.54) is 29.7 Å². The van der Waals surface area contributed by atoms with Crippen LogP contribution in [-0.2, 0) is 11.2 Å². The normalized spacial score (nSPS) is 12.2. The second kappa shape index (κ2) is 8.71. The van der Waals surface area contributed by atoms with Gasteiger partial charge in [0.25, 0.3) is 0 Å². The van der Waals surface area contributed by atoms with Crippen molar-refractivity contribution in [2.24, 2.45) is 5.92 Å². The predicted octanol–water partition coefficient (Wildman–Crippen LogP) is 4.27. The zero-order valence-electron chi connectivity index (χ0n) is 13.9. The van der Waals surface area contributed by atoms with Crippen LogP contribution in [0.3, 0.4) is 0 Å². The number of carbonyl (C=O) groups is 1. The Labute approximate surface area is 129 Å². The number of carboxylic acids is 1. The van der Waals surface area contributed by atoms with Crippen LogP contribution in [0.2, 0.25) is 0 Å². The van der Waals surface area contributed by atoms with E-state index in [0.717, 1.165) is 19.4 Å². The monoisotopic (exact) mass is 291 g/mol. The Balaban J connectivity index is 3.02. The van der Waals surface area contributed by atoms with Crippen molar-refractivity contribution in [2.75, 3.05) is 18.0 Å². The van der Waals surface area contributed by atoms with Crippen LogP contribution in [-0.4, -0.2) is 24.2 Å². The van der Waals surface area contributed by atoms with Crippen molar-refractivity contribution in [3.8, 4) is 0 Å². The molecule has 1 rings (SSSR count). The molecule has 1 aromatic rings. The van der Waals surface area contributed by atoms with Crippen LogP contribution in [0.4, 0.5) is 5.69 Å². The number of hydrogen-bond donors (Lipinski definition) is 1. The molecule has 0 aliphatic heterocycles. The molecule has 1 aromatic carbocycles. The number of hydrogen-bond acceptors (Lipinski definition) is 2. The van der Waals surface area contributed by atoms with E-state index in [4.69, 9.17) is 0 Å². The fourth-order valence-corrected chi connectivity index (χ4v) is 2.71. The average molecular weight is 291 g/mol. The Morgan fingerprint density at radius 2 is 2.00 bits per heavy atom. The highest BCUT2D eigenvalue weighted by Crippen LogP contribution is 2.27. The first-order valence-electron chi connectivity index (χ1n) is 8.07. The van der Waals surface area contributed by atoms with Crippen LogP contribution in [0.15, 0.2) is 18.2 Å². The number of aryl methyl sites for hydroxylation is 2. The van der Waals surface area contributed by atoms with E-state index in [1.54, 1.807) is 6.92 Å². The van der Waals surface area contributed by atoms with Gasteiger partial charge in [-0.15, -0.1) is 0 Å². The summed E-state index contributed by atoms with van der Waals surface area (Å²) in [4.78, 5) is 13.5. The molecule has 0 saturated heterocycles. The van der Waals surface area contributed by atoms with Crippen molar-refractivity contribution in [2.45, 2.75) is 53.4 Å². The maximum atomic E-state index is 11.2. The summed E-state index contributed by atoms with van der Waals surface area (Å²) in [6, 6.07) is 6.36. The predicted molar refractivity (Wildman–Crippen MR) is 89.1 cm³/mol. The summed E-state index contributed by atoms with van der Waals surface area (Å²) in [5, 5.41) is 9.22. The van der Waals surface area contributed by atoms with Gasteiger partial charge in [-0.3, -0.25) is 4.79 Å². The quantitative estimate of drug-likeness (QED) is 0.691. The number of unbranched alkanes of at least 4 members (excludes halogenated alkanes) is 2. The molecule has 1 N–H and O–H groups in total. The first kappa shape index (κ1) is 17.5. The molecule has 0 amide bonds.